The molecule has 1 atom stereocenters. The second-order valence-corrected chi connectivity index (χ2v) is 16.6. The molecule has 2 heterocycles. The molecule has 3 heteroatoms. The number of rotatable bonds is 5. The zero-order valence-electron chi connectivity index (χ0n) is 29.0. The number of nitrogens with zero attached hydrogens (tertiary/aromatic N) is 2. The Morgan fingerprint density at radius 1 is 0.889 bits per heavy atom. The van der Waals surface area contributed by atoms with Gasteiger partial charge in [-0.25, -0.2) is 0 Å². The molecule has 0 aromatic heterocycles. The summed E-state index contributed by atoms with van der Waals surface area (Å²) in [4.78, 5) is 7.65. The molecular formula is C42H52N2S. The summed E-state index contributed by atoms with van der Waals surface area (Å²) in [5, 5.41) is 0. The van der Waals surface area contributed by atoms with E-state index in [-0.39, 0.29) is 16.2 Å². The summed E-state index contributed by atoms with van der Waals surface area (Å²) in [5.41, 5.74) is 11.7. The minimum atomic E-state index is 0.0510. The van der Waals surface area contributed by atoms with Crippen molar-refractivity contribution >= 4 is 17.4 Å². The topological polar surface area (TPSA) is 6.48 Å². The van der Waals surface area contributed by atoms with Crippen LogP contribution in [-0.4, -0.2) is 25.0 Å². The van der Waals surface area contributed by atoms with Crippen LogP contribution in [0.4, 0.5) is 5.69 Å². The standard InChI is InChI=1S/C42H52N2S/c1-40(2,3)31-23-25-32(26-24-31)45-39-29(21-27-37-41(4,5)33-17-10-12-19-35(33)43(37)8)15-14-16-30(39)22-28-38-42(6,7)34-18-11-13-20-36(34)44(38)9/h10,12-13,17,19-28,37H,11,14-16,18H2,1-9H3/b27-21+,30-22+,38-28+. The third kappa shape index (κ3) is 5.82. The highest BCUT2D eigenvalue weighted by molar-refractivity contribution is 8.03. The van der Waals surface area contributed by atoms with E-state index in [0.29, 0.717) is 6.04 Å². The molecule has 0 N–H and O–H groups in total. The Morgan fingerprint density at radius 2 is 1.62 bits per heavy atom. The van der Waals surface area contributed by atoms with Gasteiger partial charge in [0.05, 0.1) is 6.04 Å². The quantitative estimate of drug-likeness (QED) is 0.330. The highest BCUT2D eigenvalue weighted by Gasteiger charge is 2.42. The molecule has 236 valence electrons. The first-order valence-corrected chi connectivity index (χ1v) is 17.7. The molecule has 0 bridgehead atoms. The minimum absolute atomic E-state index is 0.0510. The van der Waals surface area contributed by atoms with Crippen molar-refractivity contribution in [1.82, 2.24) is 4.90 Å². The number of anilines is 1. The zero-order chi connectivity index (χ0) is 32.1. The lowest BCUT2D eigenvalue weighted by Gasteiger charge is -2.30. The van der Waals surface area contributed by atoms with Crippen LogP contribution >= 0.6 is 11.8 Å². The van der Waals surface area contributed by atoms with Crippen molar-refractivity contribution < 1.29 is 0 Å². The zero-order valence-corrected chi connectivity index (χ0v) is 29.8. The summed E-state index contributed by atoms with van der Waals surface area (Å²) in [6.45, 7) is 16.5. The predicted molar refractivity (Wildman–Crippen MR) is 196 cm³/mol. The van der Waals surface area contributed by atoms with Gasteiger partial charge >= 0.3 is 0 Å². The van der Waals surface area contributed by atoms with Crippen LogP contribution in [0.2, 0.25) is 0 Å². The molecule has 0 saturated carbocycles. The second kappa shape index (κ2) is 11.9. The van der Waals surface area contributed by atoms with Crippen molar-refractivity contribution in [2.45, 2.75) is 102 Å². The summed E-state index contributed by atoms with van der Waals surface area (Å²) in [7, 11) is 4.50. The molecule has 0 saturated heterocycles. The highest BCUT2D eigenvalue weighted by Crippen LogP contribution is 2.50. The van der Waals surface area contributed by atoms with Crippen LogP contribution < -0.4 is 4.90 Å². The Balaban J connectivity index is 1.38. The maximum Gasteiger partial charge on any atom is 0.0565 e. The highest BCUT2D eigenvalue weighted by atomic mass is 32.2. The van der Waals surface area contributed by atoms with Gasteiger partial charge in [0.25, 0.3) is 0 Å². The largest absolute Gasteiger partial charge is 0.367 e. The van der Waals surface area contributed by atoms with E-state index >= 15 is 0 Å². The van der Waals surface area contributed by atoms with Crippen LogP contribution in [0.3, 0.4) is 0 Å². The first-order chi connectivity index (χ1) is 21.3. The number of allylic oxidation sites excluding steroid dienone is 8. The van der Waals surface area contributed by atoms with Crippen molar-refractivity contribution in [3.05, 3.63) is 129 Å². The fraction of sp³-hybridized carbons (Fsp3) is 0.429. The summed E-state index contributed by atoms with van der Waals surface area (Å²) < 4.78 is 0. The monoisotopic (exact) mass is 616 g/mol. The van der Waals surface area contributed by atoms with E-state index in [2.05, 4.69) is 157 Å². The number of para-hydroxylation sites is 1. The molecule has 2 aromatic carbocycles. The van der Waals surface area contributed by atoms with E-state index < -0.39 is 0 Å². The maximum absolute atomic E-state index is 2.48. The number of benzene rings is 2. The lowest BCUT2D eigenvalue weighted by atomic mass is 9.79. The second-order valence-electron chi connectivity index (χ2n) is 15.5. The van der Waals surface area contributed by atoms with Crippen LogP contribution in [0.1, 0.15) is 91.7 Å². The van der Waals surface area contributed by atoms with Crippen molar-refractivity contribution in [3.8, 4) is 0 Å². The first-order valence-electron chi connectivity index (χ1n) is 16.9. The van der Waals surface area contributed by atoms with Gasteiger partial charge in [-0.05, 0) is 95.7 Å². The summed E-state index contributed by atoms with van der Waals surface area (Å²) in [6, 6.07) is 18.5. The van der Waals surface area contributed by atoms with Crippen molar-refractivity contribution in [2.75, 3.05) is 19.0 Å². The van der Waals surface area contributed by atoms with Gasteiger partial charge in [0, 0.05) is 51.8 Å². The maximum atomic E-state index is 2.48. The Bertz CT molecular complexity index is 1650. The smallest absolute Gasteiger partial charge is 0.0565 e. The molecule has 0 fully saturated rings. The van der Waals surface area contributed by atoms with E-state index in [1.165, 1.54) is 55.6 Å². The SMILES string of the molecule is CN1C2=C(CCC=C2)C(C)(C)/C1=C\C=C1/CCCC(/C=C/C2N(C)c3ccccc3C2(C)C)=C1Sc1ccc(C(C)(C)C)cc1. The molecular weight excluding hydrogens is 565 g/mol. The van der Waals surface area contributed by atoms with Gasteiger partial charge in [-0.3, -0.25) is 0 Å². The summed E-state index contributed by atoms with van der Waals surface area (Å²) in [6.07, 6.45) is 20.2. The lowest BCUT2D eigenvalue weighted by Crippen LogP contribution is -2.37. The van der Waals surface area contributed by atoms with E-state index in [1.54, 1.807) is 5.57 Å². The third-order valence-electron chi connectivity index (χ3n) is 10.7. The van der Waals surface area contributed by atoms with Gasteiger partial charge in [0.15, 0.2) is 0 Å². The Hall–Kier alpha value is -3.17. The Kier molecular flexibility index (Phi) is 8.40. The predicted octanol–water partition coefficient (Wildman–Crippen LogP) is 11.3. The van der Waals surface area contributed by atoms with E-state index in [4.69, 9.17) is 0 Å². The molecule has 2 aliphatic carbocycles. The van der Waals surface area contributed by atoms with Gasteiger partial charge in [-0.15, -0.1) is 0 Å². The molecule has 1 unspecified atom stereocenters. The number of thioether (sulfide) groups is 1. The summed E-state index contributed by atoms with van der Waals surface area (Å²) >= 11 is 1.96. The molecule has 2 aliphatic heterocycles. The molecule has 6 rings (SSSR count). The van der Waals surface area contributed by atoms with Gasteiger partial charge in [-0.1, -0.05) is 115 Å². The summed E-state index contributed by atoms with van der Waals surface area (Å²) in [5.74, 6) is 0. The Labute approximate surface area is 277 Å². The van der Waals surface area contributed by atoms with Crippen LogP contribution in [0.5, 0.6) is 0 Å². The molecule has 4 aliphatic rings. The number of fused-ring (bicyclic) bond motifs is 1. The van der Waals surface area contributed by atoms with Crippen molar-refractivity contribution in [1.29, 1.82) is 0 Å². The van der Waals surface area contributed by atoms with Gasteiger partial charge in [0.1, 0.15) is 0 Å². The van der Waals surface area contributed by atoms with Crippen LogP contribution in [0.15, 0.2) is 123 Å². The third-order valence-corrected chi connectivity index (χ3v) is 12.0. The number of hydrogen-bond donors (Lipinski definition) is 0. The average molecular weight is 617 g/mol. The fourth-order valence-electron chi connectivity index (χ4n) is 7.99. The van der Waals surface area contributed by atoms with Crippen molar-refractivity contribution in [2.24, 2.45) is 5.41 Å². The first kappa shape index (κ1) is 31.8. The van der Waals surface area contributed by atoms with Crippen molar-refractivity contribution in [3.63, 3.8) is 0 Å². The van der Waals surface area contributed by atoms with E-state index in [9.17, 15) is 0 Å². The van der Waals surface area contributed by atoms with Gasteiger partial charge in [0.2, 0.25) is 0 Å². The minimum Gasteiger partial charge on any atom is -0.367 e. The van der Waals surface area contributed by atoms with Crippen LogP contribution in [0.25, 0.3) is 0 Å². The normalized spacial score (nSPS) is 24.4. The lowest BCUT2D eigenvalue weighted by molar-refractivity contribution is 0.440. The molecule has 0 radical (unpaired) electrons. The Morgan fingerprint density at radius 3 is 2.31 bits per heavy atom. The number of likely N-dealkylation sites (N-methyl/N-ethyl adjacent to an activating group) is 2. The van der Waals surface area contributed by atoms with Gasteiger partial charge in [-0.2, -0.15) is 0 Å². The van der Waals surface area contributed by atoms with E-state index in [0.717, 1.165) is 25.7 Å². The van der Waals surface area contributed by atoms with Crippen LogP contribution in [-0.2, 0) is 10.8 Å². The molecule has 0 amide bonds. The molecule has 2 aromatic rings. The van der Waals surface area contributed by atoms with Gasteiger partial charge < -0.3 is 9.80 Å². The van der Waals surface area contributed by atoms with Crippen LogP contribution in [0, 0.1) is 5.41 Å². The average Bonchev–Trinajstić information content (AvgIpc) is 3.33. The molecule has 0 spiro atoms. The molecule has 2 nitrogen and oxygen atoms in total. The number of hydrogen-bond acceptors (Lipinski definition) is 3. The fourth-order valence-corrected chi connectivity index (χ4v) is 9.10. The van der Waals surface area contributed by atoms with E-state index in [1.807, 2.05) is 11.8 Å². The molecule has 45 heavy (non-hydrogen) atoms.